The first-order valence-electron chi connectivity index (χ1n) is 5.24. The summed E-state index contributed by atoms with van der Waals surface area (Å²) in [5.74, 6) is -0.537. The lowest BCUT2D eigenvalue weighted by molar-refractivity contribution is 0.100. The second-order valence-electron chi connectivity index (χ2n) is 3.75. The van der Waals surface area contributed by atoms with E-state index in [0.29, 0.717) is 17.1 Å². The van der Waals surface area contributed by atoms with Gasteiger partial charge in [-0.15, -0.1) is 11.3 Å². The van der Waals surface area contributed by atoms with E-state index in [9.17, 15) is 4.79 Å². The molecular weight excluding hydrogens is 371 g/mol. The minimum atomic E-state index is -0.537. The Kier molecular flexibility index (Phi) is 4.73. The molecule has 0 aliphatic carbocycles. The number of hydrogen-bond acceptors (Lipinski definition) is 3. The van der Waals surface area contributed by atoms with Crippen LogP contribution in [0.3, 0.4) is 0 Å². The van der Waals surface area contributed by atoms with E-state index in [1.807, 2.05) is 6.07 Å². The molecule has 2 rings (SSSR count). The Labute approximate surface area is 132 Å². The Balaban J connectivity index is 2.08. The van der Waals surface area contributed by atoms with Gasteiger partial charge in [0, 0.05) is 21.6 Å². The molecule has 0 spiro atoms. The van der Waals surface area contributed by atoms with Crippen LogP contribution in [0.15, 0.2) is 28.7 Å². The standard InChI is InChI=1S/C12H9BrCl2N2OS/c13-9-4-7(19-11(9)15)5-17-6-1-2-8(12(16)18)10(14)3-6/h1-4,17H,5H2,(H2,16,18). The minimum absolute atomic E-state index is 0.314. The van der Waals surface area contributed by atoms with Gasteiger partial charge >= 0.3 is 0 Å². The first-order chi connectivity index (χ1) is 8.97. The maximum atomic E-state index is 11.1. The molecule has 0 saturated carbocycles. The van der Waals surface area contributed by atoms with E-state index in [0.717, 1.165) is 19.4 Å². The lowest BCUT2D eigenvalue weighted by Gasteiger charge is -2.07. The maximum absolute atomic E-state index is 11.1. The fourth-order valence-electron chi connectivity index (χ4n) is 1.49. The Bertz CT molecular complexity index is 611. The number of carbonyl (C=O) groups excluding carboxylic acids is 1. The Hall–Kier alpha value is -0.750. The summed E-state index contributed by atoms with van der Waals surface area (Å²) < 4.78 is 1.61. The van der Waals surface area contributed by atoms with Crippen LogP contribution in [-0.2, 0) is 6.54 Å². The lowest BCUT2D eigenvalue weighted by Crippen LogP contribution is -2.11. The van der Waals surface area contributed by atoms with Crippen molar-refractivity contribution in [2.24, 2.45) is 5.73 Å². The highest BCUT2D eigenvalue weighted by molar-refractivity contribution is 9.10. The Morgan fingerprint density at radius 2 is 2.11 bits per heavy atom. The minimum Gasteiger partial charge on any atom is -0.380 e. The van der Waals surface area contributed by atoms with Crippen molar-refractivity contribution in [1.29, 1.82) is 0 Å². The third-order valence-electron chi connectivity index (χ3n) is 2.40. The van der Waals surface area contributed by atoms with Gasteiger partial charge in [0.25, 0.3) is 0 Å². The van der Waals surface area contributed by atoms with Crippen molar-refractivity contribution in [3.8, 4) is 0 Å². The van der Waals surface area contributed by atoms with E-state index < -0.39 is 5.91 Å². The number of amides is 1. The zero-order valence-electron chi connectivity index (χ0n) is 9.54. The molecule has 1 aromatic heterocycles. The van der Waals surface area contributed by atoms with Crippen LogP contribution in [0, 0.1) is 0 Å². The highest BCUT2D eigenvalue weighted by Gasteiger charge is 2.08. The van der Waals surface area contributed by atoms with Crippen molar-refractivity contribution in [3.05, 3.63) is 48.5 Å². The lowest BCUT2D eigenvalue weighted by atomic mass is 10.2. The van der Waals surface area contributed by atoms with Gasteiger partial charge in [0.15, 0.2) is 0 Å². The Morgan fingerprint density at radius 1 is 1.37 bits per heavy atom. The topological polar surface area (TPSA) is 55.1 Å². The SMILES string of the molecule is NC(=O)c1ccc(NCc2cc(Br)c(Cl)s2)cc1Cl. The number of carbonyl (C=O) groups is 1. The molecule has 7 heteroatoms. The molecule has 3 N–H and O–H groups in total. The predicted octanol–water partition coefficient (Wildman–Crippen LogP) is 4.53. The van der Waals surface area contributed by atoms with Crippen molar-refractivity contribution in [2.75, 3.05) is 5.32 Å². The number of rotatable bonds is 4. The summed E-state index contributed by atoms with van der Waals surface area (Å²) in [5.41, 5.74) is 6.32. The molecule has 0 bridgehead atoms. The van der Waals surface area contributed by atoms with Gasteiger partial charge in [0.05, 0.1) is 10.6 Å². The summed E-state index contributed by atoms with van der Waals surface area (Å²) >= 11 is 16.8. The summed E-state index contributed by atoms with van der Waals surface area (Å²) in [4.78, 5) is 12.1. The zero-order valence-corrected chi connectivity index (χ0v) is 13.5. The first-order valence-corrected chi connectivity index (χ1v) is 7.61. The molecule has 1 heterocycles. The normalized spacial score (nSPS) is 10.5. The van der Waals surface area contributed by atoms with Gasteiger partial charge in [-0.3, -0.25) is 4.79 Å². The van der Waals surface area contributed by atoms with Gasteiger partial charge in [-0.1, -0.05) is 23.2 Å². The molecule has 1 aromatic carbocycles. The molecule has 19 heavy (non-hydrogen) atoms. The van der Waals surface area contributed by atoms with Crippen LogP contribution in [0.1, 0.15) is 15.2 Å². The number of hydrogen-bond donors (Lipinski definition) is 2. The van der Waals surface area contributed by atoms with Crippen LogP contribution < -0.4 is 11.1 Å². The third kappa shape index (κ3) is 3.63. The van der Waals surface area contributed by atoms with Crippen LogP contribution in [0.5, 0.6) is 0 Å². The average Bonchev–Trinajstić information content (AvgIpc) is 2.66. The summed E-state index contributed by atoms with van der Waals surface area (Å²) in [7, 11) is 0. The highest BCUT2D eigenvalue weighted by Crippen LogP contribution is 2.32. The molecule has 0 atom stereocenters. The number of benzene rings is 1. The van der Waals surface area contributed by atoms with Crippen molar-refractivity contribution in [1.82, 2.24) is 0 Å². The van der Waals surface area contributed by atoms with Gasteiger partial charge in [0.2, 0.25) is 5.91 Å². The molecule has 100 valence electrons. The monoisotopic (exact) mass is 378 g/mol. The predicted molar refractivity (Wildman–Crippen MR) is 84.3 cm³/mol. The molecule has 0 unspecified atom stereocenters. The number of anilines is 1. The summed E-state index contributed by atoms with van der Waals surface area (Å²) in [6.45, 7) is 0.627. The van der Waals surface area contributed by atoms with Crippen molar-refractivity contribution in [2.45, 2.75) is 6.54 Å². The van der Waals surface area contributed by atoms with E-state index in [-0.39, 0.29) is 0 Å². The summed E-state index contributed by atoms with van der Waals surface area (Å²) in [5, 5.41) is 3.54. The molecule has 3 nitrogen and oxygen atoms in total. The van der Waals surface area contributed by atoms with Crippen LogP contribution in [0.25, 0.3) is 0 Å². The Morgan fingerprint density at radius 3 is 2.63 bits per heavy atom. The zero-order chi connectivity index (χ0) is 14.0. The third-order valence-corrected chi connectivity index (χ3v) is 5.18. The summed E-state index contributed by atoms with van der Waals surface area (Å²) in [6, 6.07) is 6.99. The second kappa shape index (κ2) is 6.13. The van der Waals surface area contributed by atoms with Crippen LogP contribution >= 0.6 is 50.5 Å². The van der Waals surface area contributed by atoms with Crippen LogP contribution in [0.2, 0.25) is 9.36 Å². The molecule has 0 fully saturated rings. The van der Waals surface area contributed by atoms with Gasteiger partial charge in [-0.25, -0.2) is 0 Å². The van der Waals surface area contributed by atoms with E-state index in [2.05, 4.69) is 21.2 Å². The maximum Gasteiger partial charge on any atom is 0.250 e. The van der Waals surface area contributed by atoms with E-state index in [4.69, 9.17) is 28.9 Å². The molecule has 0 aliphatic heterocycles. The number of primary amides is 1. The highest BCUT2D eigenvalue weighted by atomic mass is 79.9. The van der Waals surface area contributed by atoms with Gasteiger partial charge in [-0.05, 0) is 40.2 Å². The van der Waals surface area contributed by atoms with Crippen molar-refractivity contribution in [3.63, 3.8) is 0 Å². The largest absolute Gasteiger partial charge is 0.380 e. The smallest absolute Gasteiger partial charge is 0.250 e. The second-order valence-corrected chi connectivity index (χ2v) is 6.75. The quantitative estimate of drug-likeness (QED) is 0.819. The number of nitrogens with one attached hydrogen (secondary N) is 1. The van der Waals surface area contributed by atoms with Gasteiger partial charge in [-0.2, -0.15) is 0 Å². The van der Waals surface area contributed by atoms with Crippen LogP contribution in [0.4, 0.5) is 5.69 Å². The molecule has 1 amide bonds. The molecule has 0 aliphatic rings. The molecular formula is C12H9BrCl2N2OS. The number of nitrogens with two attached hydrogens (primary N) is 1. The van der Waals surface area contributed by atoms with E-state index >= 15 is 0 Å². The van der Waals surface area contributed by atoms with Crippen molar-refractivity contribution < 1.29 is 4.79 Å². The fraction of sp³-hybridized carbons (Fsp3) is 0.0833. The van der Waals surface area contributed by atoms with Gasteiger partial charge in [0.1, 0.15) is 4.34 Å². The molecule has 0 saturated heterocycles. The number of halogens is 3. The van der Waals surface area contributed by atoms with Crippen LogP contribution in [-0.4, -0.2) is 5.91 Å². The first kappa shape index (κ1) is 14.7. The van der Waals surface area contributed by atoms with Gasteiger partial charge < -0.3 is 11.1 Å². The van der Waals surface area contributed by atoms with E-state index in [1.54, 1.807) is 18.2 Å². The molecule has 2 aromatic rings. The fourth-order valence-corrected chi connectivity index (χ4v) is 3.50. The summed E-state index contributed by atoms with van der Waals surface area (Å²) in [6.07, 6.45) is 0. The number of thiophene rings is 1. The molecule has 0 radical (unpaired) electrons. The average molecular weight is 380 g/mol. The van der Waals surface area contributed by atoms with E-state index in [1.165, 1.54) is 11.3 Å². The van der Waals surface area contributed by atoms with Crippen molar-refractivity contribution >= 4 is 62.1 Å².